The number of fused-ring (bicyclic) bond motifs is 1. The molecule has 2 aromatic heterocycles. The topological polar surface area (TPSA) is 45.5 Å². The van der Waals surface area contributed by atoms with Crippen LogP contribution in [-0.2, 0) is 7.05 Å². The first kappa shape index (κ1) is 12.6. The molecule has 20 heavy (non-hydrogen) atoms. The Morgan fingerprint density at radius 1 is 1.40 bits per heavy atom. The van der Waals surface area contributed by atoms with Gasteiger partial charge in [0.05, 0.1) is 16.0 Å². The second kappa shape index (κ2) is 4.58. The maximum Gasteiger partial charge on any atom is 0.214 e. The summed E-state index contributed by atoms with van der Waals surface area (Å²) in [5.41, 5.74) is 1.08. The van der Waals surface area contributed by atoms with Crippen molar-refractivity contribution in [2.24, 2.45) is 7.05 Å². The highest BCUT2D eigenvalue weighted by Gasteiger charge is 2.16. The van der Waals surface area contributed by atoms with E-state index in [2.05, 4.69) is 11.2 Å². The average molecular weight is 288 g/mol. The minimum Gasteiger partial charge on any atom is -0.237 e. The van der Waals surface area contributed by atoms with Crippen LogP contribution in [-0.4, -0.2) is 9.78 Å². The summed E-state index contributed by atoms with van der Waals surface area (Å²) >= 11 is 6.13. The molecule has 0 spiro atoms. The third-order valence-electron chi connectivity index (χ3n) is 2.96. The molecule has 0 bridgehead atoms. The zero-order valence-corrected chi connectivity index (χ0v) is 11.3. The van der Waals surface area contributed by atoms with Crippen LogP contribution < -0.4 is 4.57 Å². The number of nitrogens with zero attached hydrogens (tertiary/aromatic N) is 4. The van der Waals surface area contributed by atoms with Crippen molar-refractivity contribution in [1.82, 2.24) is 9.78 Å². The Morgan fingerprint density at radius 2 is 2.20 bits per heavy atom. The smallest absolute Gasteiger partial charge is 0.214 e. The van der Waals surface area contributed by atoms with Crippen LogP contribution in [0.5, 0.6) is 0 Å². The van der Waals surface area contributed by atoms with Crippen molar-refractivity contribution < 1.29 is 8.96 Å². The fourth-order valence-corrected chi connectivity index (χ4v) is 2.38. The van der Waals surface area contributed by atoms with Crippen LogP contribution in [0.1, 0.15) is 5.56 Å². The first-order valence-corrected chi connectivity index (χ1v) is 6.21. The minimum absolute atomic E-state index is 0.243. The summed E-state index contributed by atoms with van der Waals surface area (Å²) in [6, 6.07) is 7.06. The van der Waals surface area contributed by atoms with Crippen LogP contribution in [0.3, 0.4) is 0 Å². The van der Waals surface area contributed by atoms with E-state index in [4.69, 9.17) is 16.9 Å². The van der Waals surface area contributed by atoms with Crippen molar-refractivity contribution in [3.8, 4) is 11.8 Å². The molecular weight excluding hydrogens is 279 g/mol. The quantitative estimate of drug-likeness (QED) is 0.646. The number of para-hydroxylation sites is 1. The van der Waals surface area contributed by atoms with E-state index in [0.717, 1.165) is 0 Å². The number of pyridine rings is 1. The van der Waals surface area contributed by atoms with E-state index >= 15 is 0 Å². The van der Waals surface area contributed by atoms with Gasteiger partial charge in [0.25, 0.3) is 0 Å². The Kier molecular flexibility index (Phi) is 2.88. The van der Waals surface area contributed by atoms with Gasteiger partial charge in [-0.1, -0.05) is 17.7 Å². The molecule has 0 fully saturated rings. The number of hydrogen-bond acceptors (Lipinski definition) is 2. The number of hydrogen-bond donors (Lipinski definition) is 0. The molecule has 0 saturated heterocycles. The van der Waals surface area contributed by atoms with Crippen molar-refractivity contribution in [1.29, 1.82) is 5.26 Å². The predicted octanol–water partition coefficient (Wildman–Crippen LogP) is 2.51. The SMILES string of the molecule is C[n+]1cc(F)c2nn(-c3c(Cl)cccc3C#N)cc2c1. The van der Waals surface area contributed by atoms with Crippen LogP contribution in [0.4, 0.5) is 4.39 Å². The standard InChI is InChI=1S/C14H9ClFN4/c1-19-6-10-7-20(18-13(10)12(16)8-19)14-9(5-17)3-2-4-11(14)15/h2-4,6-8H,1H3/q+1. The van der Waals surface area contributed by atoms with Crippen molar-refractivity contribution in [3.63, 3.8) is 0 Å². The van der Waals surface area contributed by atoms with Gasteiger partial charge < -0.3 is 0 Å². The Hall–Kier alpha value is -2.45. The first-order valence-electron chi connectivity index (χ1n) is 5.83. The van der Waals surface area contributed by atoms with Gasteiger partial charge in [0.15, 0.2) is 6.20 Å². The van der Waals surface area contributed by atoms with E-state index in [1.807, 2.05) is 0 Å². The number of halogens is 2. The summed E-state index contributed by atoms with van der Waals surface area (Å²) in [6.07, 6.45) is 4.75. The van der Waals surface area contributed by atoms with Crippen molar-refractivity contribution in [2.75, 3.05) is 0 Å². The summed E-state index contributed by atoms with van der Waals surface area (Å²) in [5, 5.41) is 14.4. The molecule has 3 aromatic rings. The number of nitriles is 1. The van der Waals surface area contributed by atoms with Crippen LogP contribution >= 0.6 is 11.6 Å². The predicted molar refractivity (Wildman–Crippen MR) is 71.9 cm³/mol. The van der Waals surface area contributed by atoms with Crippen LogP contribution in [0, 0.1) is 17.1 Å². The highest BCUT2D eigenvalue weighted by Crippen LogP contribution is 2.25. The lowest BCUT2D eigenvalue weighted by Gasteiger charge is -2.05. The van der Waals surface area contributed by atoms with E-state index in [1.165, 1.54) is 10.9 Å². The molecule has 0 radical (unpaired) electrons. The normalized spacial score (nSPS) is 10.7. The van der Waals surface area contributed by atoms with Crippen LogP contribution in [0.2, 0.25) is 5.02 Å². The Balaban J connectivity index is 2.32. The summed E-state index contributed by atoms with van der Waals surface area (Å²) in [6.45, 7) is 0. The molecule has 1 aromatic carbocycles. The molecule has 0 aliphatic heterocycles. The maximum absolute atomic E-state index is 13.9. The van der Waals surface area contributed by atoms with Gasteiger partial charge in [-0.2, -0.15) is 14.8 Å². The fraction of sp³-hybridized carbons (Fsp3) is 0.0714. The van der Waals surface area contributed by atoms with E-state index in [9.17, 15) is 4.39 Å². The lowest BCUT2D eigenvalue weighted by molar-refractivity contribution is -0.671. The maximum atomic E-state index is 13.9. The fourth-order valence-electron chi connectivity index (χ4n) is 2.12. The molecule has 0 atom stereocenters. The zero-order valence-electron chi connectivity index (χ0n) is 10.5. The second-order valence-electron chi connectivity index (χ2n) is 4.40. The number of rotatable bonds is 1. The zero-order chi connectivity index (χ0) is 14.3. The molecule has 0 saturated carbocycles. The minimum atomic E-state index is -0.422. The van der Waals surface area contributed by atoms with Crippen molar-refractivity contribution in [3.05, 3.63) is 53.2 Å². The Labute approximate surface area is 119 Å². The number of benzene rings is 1. The third kappa shape index (κ3) is 1.91. The molecule has 2 heterocycles. The monoisotopic (exact) mass is 287 g/mol. The average Bonchev–Trinajstić information content (AvgIpc) is 2.81. The van der Waals surface area contributed by atoms with Gasteiger partial charge in [0, 0.05) is 6.20 Å². The van der Waals surface area contributed by atoms with Crippen LogP contribution in [0.15, 0.2) is 36.8 Å². The van der Waals surface area contributed by atoms with E-state index in [-0.39, 0.29) is 5.52 Å². The van der Waals surface area contributed by atoms with Gasteiger partial charge in [-0.25, -0.2) is 9.25 Å². The van der Waals surface area contributed by atoms with E-state index in [1.54, 1.807) is 42.2 Å². The van der Waals surface area contributed by atoms with Gasteiger partial charge in [0.2, 0.25) is 12.0 Å². The summed E-state index contributed by atoms with van der Waals surface area (Å²) in [5.74, 6) is -0.422. The van der Waals surface area contributed by atoms with E-state index < -0.39 is 5.82 Å². The summed E-state index contributed by atoms with van der Waals surface area (Å²) < 4.78 is 16.9. The molecule has 98 valence electrons. The van der Waals surface area contributed by atoms with Gasteiger partial charge in [-0.05, 0) is 12.1 Å². The van der Waals surface area contributed by atoms with Crippen molar-refractivity contribution >= 4 is 22.5 Å². The number of aryl methyl sites for hydroxylation is 1. The number of aromatic nitrogens is 3. The highest BCUT2D eigenvalue weighted by molar-refractivity contribution is 6.32. The molecule has 0 amide bonds. The van der Waals surface area contributed by atoms with Crippen molar-refractivity contribution in [2.45, 2.75) is 0 Å². The molecule has 3 rings (SSSR count). The lowest BCUT2D eigenvalue weighted by Crippen LogP contribution is -2.27. The largest absolute Gasteiger partial charge is 0.237 e. The second-order valence-corrected chi connectivity index (χ2v) is 4.80. The van der Waals surface area contributed by atoms with Gasteiger partial charge in [-0.15, -0.1) is 0 Å². The molecule has 0 aliphatic carbocycles. The lowest BCUT2D eigenvalue weighted by atomic mass is 10.2. The van der Waals surface area contributed by atoms with Gasteiger partial charge >= 0.3 is 0 Å². The Bertz CT molecular complexity index is 863. The molecule has 0 unspecified atom stereocenters. The molecule has 0 aliphatic rings. The summed E-state index contributed by atoms with van der Waals surface area (Å²) in [7, 11) is 1.73. The molecule has 6 heteroatoms. The van der Waals surface area contributed by atoms with Gasteiger partial charge in [0.1, 0.15) is 24.3 Å². The van der Waals surface area contributed by atoms with Gasteiger partial charge in [-0.3, -0.25) is 0 Å². The Morgan fingerprint density at radius 3 is 2.95 bits per heavy atom. The third-order valence-corrected chi connectivity index (χ3v) is 3.27. The molecule has 4 nitrogen and oxygen atoms in total. The first-order chi connectivity index (χ1) is 9.60. The van der Waals surface area contributed by atoms with Crippen LogP contribution in [0.25, 0.3) is 16.6 Å². The summed E-state index contributed by atoms with van der Waals surface area (Å²) in [4.78, 5) is 0. The molecular formula is C14H9ClFN4+. The molecule has 0 N–H and O–H groups in total. The highest BCUT2D eigenvalue weighted by atomic mass is 35.5. The van der Waals surface area contributed by atoms with E-state index in [0.29, 0.717) is 21.7 Å².